The topological polar surface area (TPSA) is 46.2 Å². The standard InChI is InChI=1S/C15H22BrNO2S2/c1-12-10-13(6-7-14(12)16)21(18,19)17-11-15(20-2)8-4-3-5-9-15/h6-7,10,17H,3-5,8-9,11H2,1-2H3. The van der Waals surface area contributed by atoms with Crippen molar-refractivity contribution in [3.05, 3.63) is 28.2 Å². The summed E-state index contributed by atoms with van der Waals surface area (Å²) >= 11 is 5.20. The highest BCUT2D eigenvalue weighted by molar-refractivity contribution is 9.10. The Hall–Kier alpha value is -0.0400. The van der Waals surface area contributed by atoms with Gasteiger partial charge < -0.3 is 0 Å². The van der Waals surface area contributed by atoms with Crippen molar-refractivity contribution < 1.29 is 8.42 Å². The van der Waals surface area contributed by atoms with Gasteiger partial charge >= 0.3 is 0 Å². The number of thioether (sulfide) groups is 1. The molecule has 0 heterocycles. The molecule has 0 bridgehead atoms. The number of hydrogen-bond acceptors (Lipinski definition) is 3. The first-order chi connectivity index (χ1) is 9.88. The normalized spacial score (nSPS) is 18.6. The van der Waals surface area contributed by atoms with Crippen LogP contribution in [0.15, 0.2) is 27.6 Å². The van der Waals surface area contributed by atoms with Gasteiger partial charge in [0.1, 0.15) is 0 Å². The second-order valence-electron chi connectivity index (χ2n) is 5.68. The third-order valence-electron chi connectivity index (χ3n) is 4.22. The molecular formula is C15H22BrNO2S2. The van der Waals surface area contributed by atoms with Crippen LogP contribution in [0.2, 0.25) is 0 Å². The van der Waals surface area contributed by atoms with Crippen LogP contribution >= 0.6 is 27.7 Å². The molecule has 0 aliphatic heterocycles. The van der Waals surface area contributed by atoms with E-state index in [2.05, 4.69) is 26.9 Å². The first kappa shape index (κ1) is 17.3. The Morgan fingerprint density at radius 3 is 2.52 bits per heavy atom. The highest BCUT2D eigenvalue weighted by atomic mass is 79.9. The monoisotopic (exact) mass is 391 g/mol. The number of halogens is 1. The predicted molar refractivity (Wildman–Crippen MR) is 93.4 cm³/mol. The third kappa shape index (κ3) is 4.24. The number of aryl methyl sites for hydroxylation is 1. The van der Waals surface area contributed by atoms with Crippen molar-refractivity contribution >= 4 is 37.7 Å². The van der Waals surface area contributed by atoms with Crippen LogP contribution in [0, 0.1) is 6.92 Å². The maximum atomic E-state index is 12.5. The summed E-state index contributed by atoms with van der Waals surface area (Å²) < 4.78 is 28.7. The second-order valence-corrected chi connectivity index (χ2v) is 9.58. The highest BCUT2D eigenvalue weighted by Crippen LogP contribution is 2.38. The first-order valence-electron chi connectivity index (χ1n) is 7.20. The summed E-state index contributed by atoms with van der Waals surface area (Å²) in [7, 11) is -3.43. The minimum absolute atomic E-state index is 0.0652. The van der Waals surface area contributed by atoms with Gasteiger partial charge in [-0.3, -0.25) is 0 Å². The molecule has 2 rings (SSSR count). The van der Waals surface area contributed by atoms with E-state index in [4.69, 9.17) is 0 Å². The minimum atomic E-state index is -3.43. The largest absolute Gasteiger partial charge is 0.240 e. The molecule has 0 saturated heterocycles. The number of nitrogens with one attached hydrogen (secondary N) is 1. The average Bonchev–Trinajstić information content (AvgIpc) is 2.49. The van der Waals surface area contributed by atoms with Crippen LogP contribution in [0.25, 0.3) is 0 Å². The van der Waals surface area contributed by atoms with Crippen molar-refractivity contribution in [2.24, 2.45) is 0 Å². The Balaban J connectivity index is 2.11. The molecule has 0 radical (unpaired) electrons. The Bertz CT molecular complexity index is 596. The molecule has 0 aromatic heterocycles. The molecule has 0 spiro atoms. The zero-order chi connectivity index (χ0) is 15.5. The van der Waals surface area contributed by atoms with Gasteiger partial charge in [0.05, 0.1) is 4.90 Å². The highest BCUT2D eigenvalue weighted by Gasteiger charge is 2.32. The molecule has 1 fully saturated rings. The summed E-state index contributed by atoms with van der Waals surface area (Å²) in [6.07, 6.45) is 7.93. The lowest BCUT2D eigenvalue weighted by molar-refractivity contribution is 0.395. The molecular weight excluding hydrogens is 370 g/mol. The molecule has 21 heavy (non-hydrogen) atoms. The van der Waals surface area contributed by atoms with Gasteiger partial charge in [-0.05, 0) is 49.8 Å². The van der Waals surface area contributed by atoms with Crippen molar-refractivity contribution in [2.45, 2.75) is 48.7 Å². The fourth-order valence-corrected chi connectivity index (χ4v) is 5.21. The van der Waals surface area contributed by atoms with Crippen molar-refractivity contribution in [1.82, 2.24) is 4.72 Å². The zero-order valence-corrected chi connectivity index (χ0v) is 15.7. The van der Waals surface area contributed by atoms with Gasteiger partial charge in [0.25, 0.3) is 0 Å². The van der Waals surface area contributed by atoms with Crippen LogP contribution < -0.4 is 4.72 Å². The van der Waals surface area contributed by atoms with Gasteiger partial charge in [0.15, 0.2) is 0 Å². The van der Waals surface area contributed by atoms with E-state index >= 15 is 0 Å². The lowest BCUT2D eigenvalue weighted by atomic mass is 9.88. The van der Waals surface area contributed by atoms with Crippen molar-refractivity contribution in [2.75, 3.05) is 12.8 Å². The number of sulfonamides is 1. The van der Waals surface area contributed by atoms with Crippen molar-refractivity contribution in [3.8, 4) is 0 Å². The molecule has 0 unspecified atom stereocenters. The third-order valence-corrected chi connectivity index (χ3v) is 7.93. The molecule has 1 aromatic rings. The van der Waals surface area contributed by atoms with Gasteiger partial charge in [0.2, 0.25) is 10.0 Å². The van der Waals surface area contributed by atoms with Crippen LogP contribution in [0.1, 0.15) is 37.7 Å². The van der Waals surface area contributed by atoms with E-state index in [1.54, 1.807) is 30.0 Å². The second kappa shape index (κ2) is 7.02. The molecule has 3 nitrogen and oxygen atoms in total. The van der Waals surface area contributed by atoms with Gasteiger partial charge in [0, 0.05) is 15.8 Å². The maximum absolute atomic E-state index is 12.5. The van der Waals surface area contributed by atoms with Gasteiger partial charge in [-0.1, -0.05) is 35.2 Å². The Labute approximate surface area is 140 Å². The lowest BCUT2D eigenvalue weighted by Crippen LogP contribution is -2.41. The minimum Gasteiger partial charge on any atom is -0.210 e. The molecule has 0 atom stereocenters. The Morgan fingerprint density at radius 2 is 1.95 bits per heavy atom. The van der Waals surface area contributed by atoms with Crippen LogP contribution in [-0.4, -0.2) is 26.0 Å². The van der Waals surface area contributed by atoms with E-state index < -0.39 is 10.0 Å². The molecule has 6 heteroatoms. The number of benzene rings is 1. The van der Waals surface area contributed by atoms with E-state index in [-0.39, 0.29) is 4.75 Å². The zero-order valence-electron chi connectivity index (χ0n) is 12.5. The maximum Gasteiger partial charge on any atom is 0.240 e. The molecule has 1 aliphatic carbocycles. The average molecular weight is 392 g/mol. The smallest absolute Gasteiger partial charge is 0.210 e. The van der Waals surface area contributed by atoms with E-state index in [9.17, 15) is 8.42 Å². The van der Waals surface area contributed by atoms with E-state index in [0.29, 0.717) is 11.4 Å². The molecule has 1 aromatic carbocycles. The van der Waals surface area contributed by atoms with E-state index in [0.717, 1.165) is 22.9 Å². The quantitative estimate of drug-likeness (QED) is 0.821. The Kier molecular flexibility index (Phi) is 5.79. The summed E-state index contributed by atoms with van der Waals surface area (Å²) in [4.78, 5) is 0.343. The number of rotatable bonds is 5. The van der Waals surface area contributed by atoms with Crippen molar-refractivity contribution in [3.63, 3.8) is 0 Å². The van der Waals surface area contributed by atoms with Crippen LogP contribution in [0.5, 0.6) is 0 Å². The van der Waals surface area contributed by atoms with Crippen LogP contribution in [-0.2, 0) is 10.0 Å². The summed E-state index contributed by atoms with van der Waals surface area (Å²) in [6.45, 7) is 2.42. The van der Waals surface area contributed by atoms with Gasteiger partial charge in [-0.25, -0.2) is 13.1 Å². The predicted octanol–water partition coefficient (Wildman–Crippen LogP) is 4.10. The summed E-state index contributed by atoms with van der Waals surface area (Å²) in [6, 6.07) is 5.14. The molecule has 1 saturated carbocycles. The summed E-state index contributed by atoms with van der Waals surface area (Å²) in [5.74, 6) is 0. The Morgan fingerprint density at radius 1 is 1.29 bits per heavy atom. The molecule has 1 aliphatic rings. The first-order valence-corrected chi connectivity index (χ1v) is 10.7. The SMILES string of the molecule is CSC1(CNS(=O)(=O)c2ccc(Br)c(C)c2)CCCCC1. The van der Waals surface area contributed by atoms with E-state index in [1.165, 1.54) is 19.3 Å². The van der Waals surface area contributed by atoms with Crippen LogP contribution in [0.3, 0.4) is 0 Å². The fourth-order valence-electron chi connectivity index (χ4n) is 2.74. The van der Waals surface area contributed by atoms with Crippen molar-refractivity contribution in [1.29, 1.82) is 0 Å². The van der Waals surface area contributed by atoms with Crippen LogP contribution in [0.4, 0.5) is 0 Å². The van der Waals surface area contributed by atoms with E-state index in [1.807, 2.05) is 6.92 Å². The molecule has 1 N–H and O–H groups in total. The molecule has 0 amide bonds. The van der Waals surface area contributed by atoms with Gasteiger partial charge in [-0.15, -0.1) is 0 Å². The summed E-state index contributed by atoms with van der Waals surface area (Å²) in [5, 5.41) is 0. The summed E-state index contributed by atoms with van der Waals surface area (Å²) in [5.41, 5.74) is 0.926. The lowest BCUT2D eigenvalue weighted by Gasteiger charge is -2.35. The molecule has 118 valence electrons. The number of hydrogen-bond donors (Lipinski definition) is 1. The van der Waals surface area contributed by atoms with Gasteiger partial charge in [-0.2, -0.15) is 11.8 Å². The fraction of sp³-hybridized carbons (Fsp3) is 0.600.